The fourth-order valence-corrected chi connectivity index (χ4v) is 3.55. The van der Waals surface area contributed by atoms with Crippen LogP contribution in [0.3, 0.4) is 0 Å². The normalized spacial score (nSPS) is 14.0. The van der Waals surface area contributed by atoms with E-state index < -0.39 is 5.97 Å². The van der Waals surface area contributed by atoms with Gasteiger partial charge in [0.15, 0.2) is 12.4 Å². The summed E-state index contributed by atoms with van der Waals surface area (Å²) in [7, 11) is 0. The Morgan fingerprint density at radius 3 is 2.33 bits per heavy atom. The number of nitrogens with two attached hydrogens (primary N) is 1. The topological polar surface area (TPSA) is 106 Å². The van der Waals surface area contributed by atoms with Crippen molar-refractivity contribution in [1.82, 2.24) is 9.80 Å². The van der Waals surface area contributed by atoms with E-state index in [4.69, 9.17) is 14.9 Å². The van der Waals surface area contributed by atoms with Crippen molar-refractivity contribution < 1.29 is 23.5 Å². The minimum absolute atomic E-state index is 0.202. The first-order valence-electron chi connectivity index (χ1n) is 9.59. The van der Waals surface area contributed by atoms with Gasteiger partial charge in [-0.15, -0.1) is 0 Å². The summed E-state index contributed by atoms with van der Waals surface area (Å²) in [5.74, 6) is -0.828. The molecule has 1 fully saturated rings. The summed E-state index contributed by atoms with van der Waals surface area (Å²) in [6.07, 6.45) is 1.45. The summed E-state index contributed by atoms with van der Waals surface area (Å²) in [6.45, 7) is 1.14. The van der Waals surface area contributed by atoms with Crippen LogP contribution in [0.2, 0.25) is 0 Å². The average Bonchev–Trinajstić information content (AvgIpc) is 3.31. The molecular weight excluding hydrogens is 386 g/mol. The van der Waals surface area contributed by atoms with Crippen LogP contribution in [0.25, 0.3) is 10.8 Å². The second-order valence-corrected chi connectivity index (χ2v) is 6.98. The van der Waals surface area contributed by atoms with Crippen LogP contribution in [0.5, 0.6) is 0 Å². The minimum atomic E-state index is -0.599. The lowest BCUT2D eigenvalue weighted by Gasteiger charge is -2.34. The Morgan fingerprint density at radius 1 is 0.933 bits per heavy atom. The Balaban J connectivity index is 1.34. The van der Waals surface area contributed by atoms with Gasteiger partial charge in [0, 0.05) is 37.3 Å². The number of hydrogen-bond donors (Lipinski definition) is 1. The SMILES string of the molecule is Nc1cccc2cccc(C(=O)OCC(=O)N3CCN(C(=O)c4ccco4)CC3)c12. The predicted octanol–water partition coefficient (Wildman–Crippen LogP) is 2.16. The second kappa shape index (κ2) is 8.28. The van der Waals surface area contributed by atoms with E-state index in [1.54, 1.807) is 40.1 Å². The molecule has 8 nitrogen and oxygen atoms in total. The summed E-state index contributed by atoms with van der Waals surface area (Å²) in [4.78, 5) is 40.5. The van der Waals surface area contributed by atoms with Crippen molar-refractivity contribution in [2.24, 2.45) is 0 Å². The van der Waals surface area contributed by atoms with E-state index in [0.29, 0.717) is 42.8 Å². The molecule has 2 heterocycles. The summed E-state index contributed by atoms with van der Waals surface area (Å²) in [5.41, 5.74) is 6.82. The van der Waals surface area contributed by atoms with Crippen molar-refractivity contribution in [3.63, 3.8) is 0 Å². The van der Waals surface area contributed by atoms with Crippen LogP contribution < -0.4 is 5.73 Å². The van der Waals surface area contributed by atoms with Crippen molar-refractivity contribution >= 4 is 34.2 Å². The molecule has 0 bridgehead atoms. The van der Waals surface area contributed by atoms with E-state index in [9.17, 15) is 14.4 Å². The van der Waals surface area contributed by atoms with Gasteiger partial charge in [-0.2, -0.15) is 0 Å². The van der Waals surface area contributed by atoms with Gasteiger partial charge in [-0.05, 0) is 29.7 Å². The lowest BCUT2D eigenvalue weighted by atomic mass is 10.0. The third-order valence-electron chi connectivity index (χ3n) is 5.14. The maximum Gasteiger partial charge on any atom is 0.339 e. The lowest BCUT2D eigenvalue weighted by molar-refractivity contribution is -0.136. The Kier molecular flexibility index (Phi) is 5.38. The number of fused-ring (bicyclic) bond motifs is 1. The Bertz CT molecular complexity index is 1080. The predicted molar refractivity (Wildman–Crippen MR) is 110 cm³/mol. The first-order valence-corrected chi connectivity index (χ1v) is 9.59. The van der Waals surface area contributed by atoms with Gasteiger partial charge in [-0.1, -0.05) is 24.3 Å². The monoisotopic (exact) mass is 407 g/mol. The molecular formula is C22H21N3O5. The molecule has 0 radical (unpaired) electrons. The van der Waals surface area contributed by atoms with Gasteiger partial charge >= 0.3 is 5.97 Å². The van der Waals surface area contributed by atoms with Crippen LogP contribution in [0.15, 0.2) is 59.2 Å². The molecule has 1 aliphatic heterocycles. The number of carbonyl (C=O) groups excluding carboxylic acids is 3. The molecule has 2 amide bonds. The molecule has 2 aromatic carbocycles. The van der Waals surface area contributed by atoms with Crippen molar-refractivity contribution in [3.8, 4) is 0 Å². The number of benzene rings is 2. The van der Waals surface area contributed by atoms with E-state index in [-0.39, 0.29) is 24.2 Å². The van der Waals surface area contributed by atoms with Crippen molar-refractivity contribution in [2.75, 3.05) is 38.5 Å². The van der Waals surface area contributed by atoms with E-state index in [0.717, 1.165) is 5.39 Å². The fraction of sp³-hybridized carbons (Fsp3) is 0.227. The number of nitrogens with zero attached hydrogens (tertiary/aromatic N) is 2. The first kappa shape index (κ1) is 19.5. The van der Waals surface area contributed by atoms with E-state index in [1.165, 1.54) is 6.26 Å². The molecule has 30 heavy (non-hydrogen) atoms. The highest BCUT2D eigenvalue weighted by molar-refractivity contribution is 6.09. The highest BCUT2D eigenvalue weighted by atomic mass is 16.5. The number of carbonyl (C=O) groups is 3. The summed E-state index contributed by atoms with van der Waals surface area (Å²) in [5, 5.41) is 1.44. The smallest absolute Gasteiger partial charge is 0.339 e. The maximum atomic E-state index is 12.6. The lowest BCUT2D eigenvalue weighted by Crippen LogP contribution is -2.51. The van der Waals surface area contributed by atoms with Crippen molar-refractivity contribution in [1.29, 1.82) is 0 Å². The molecule has 0 aliphatic carbocycles. The molecule has 0 unspecified atom stereocenters. The third kappa shape index (κ3) is 3.84. The minimum Gasteiger partial charge on any atom is -0.459 e. The van der Waals surface area contributed by atoms with E-state index in [1.807, 2.05) is 18.2 Å². The molecule has 1 aliphatic rings. The molecule has 0 saturated carbocycles. The summed E-state index contributed by atoms with van der Waals surface area (Å²) < 4.78 is 10.4. The zero-order chi connectivity index (χ0) is 21.1. The van der Waals surface area contributed by atoms with Gasteiger partial charge in [0.05, 0.1) is 11.8 Å². The number of hydrogen-bond acceptors (Lipinski definition) is 6. The summed E-state index contributed by atoms with van der Waals surface area (Å²) in [6, 6.07) is 13.9. The maximum absolute atomic E-state index is 12.6. The molecule has 0 atom stereocenters. The highest BCUT2D eigenvalue weighted by Crippen LogP contribution is 2.25. The fourth-order valence-electron chi connectivity index (χ4n) is 3.55. The number of piperazine rings is 1. The van der Waals surface area contributed by atoms with Crippen LogP contribution in [0.4, 0.5) is 5.69 Å². The Labute approximate surface area is 172 Å². The number of ether oxygens (including phenoxy) is 1. The van der Waals surface area contributed by atoms with Crippen LogP contribution in [-0.4, -0.2) is 60.4 Å². The molecule has 1 saturated heterocycles. The van der Waals surface area contributed by atoms with Gasteiger partial charge in [-0.3, -0.25) is 9.59 Å². The number of furan rings is 1. The van der Waals surface area contributed by atoms with Gasteiger partial charge in [0.2, 0.25) is 0 Å². The number of amides is 2. The first-order chi connectivity index (χ1) is 14.5. The Hall–Kier alpha value is -3.81. The van der Waals surface area contributed by atoms with Gasteiger partial charge in [0.1, 0.15) is 0 Å². The Morgan fingerprint density at radius 2 is 1.63 bits per heavy atom. The standard InChI is InChI=1S/C22H21N3O5/c23-17-7-2-5-15-4-1-6-16(20(15)17)22(28)30-14-19(26)24-9-11-25(12-10-24)21(27)18-8-3-13-29-18/h1-8,13H,9-12,14,23H2. The molecule has 0 spiro atoms. The van der Waals surface area contributed by atoms with E-state index in [2.05, 4.69) is 0 Å². The molecule has 8 heteroatoms. The largest absolute Gasteiger partial charge is 0.459 e. The zero-order valence-corrected chi connectivity index (χ0v) is 16.2. The van der Waals surface area contributed by atoms with Gasteiger partial charge < -0.3 is 24.7 Å². The molecule has 1 aromatic heterocycles. The number of anilines is 1. The number of nitrogen functional groups attached to an aromatic ring is 1. The average molecular weight is 407 g/mol. The van der Waals surface area contributed by atoms with Crippen LogP contribution >= 0.6 is 0 Å². The van der Waals surface area contributed by atoms with Crippen molar-refractivity contribution in [2.45, 2.75) is 0 Å². The molecule has 4 rings (SSSR count). The summed E-state index contributed by atoms with van der Waals surface area (Å²) >= 11 is 0. The van der Waals surface area contributed by atoms with Gasteiger partial charge in [-0.25, -0.2) is 4.79 Å². The quantitative estimate of drug-likeness (QED) is 0.525. The van der Waals surface area contributed by atoms with Crippen molar-refractivity contribution in [3.05, 3.63) is 66.1 Å². The van der Waals surface area contributed by atoms with Crippen LogP contribution in [-0.2, 0) is 9.53 Å². The number of esters is 1. The third-order valence-corrected chi connectivity index (χ3v) is 5.14. The highest BCUT2D eigenvalue weighted by Gasteiger charge is 2.26. The molecule has 2 N–H and O–H groups in total. The zero-order valence-electron chi connectivity index (χ0n) is 16.2. The van der Waals surface area contributed by atoms with Gasteiger partial charge in [0.25, 0.3) is 11.8 Å². The molecule has 3 aromatic rings. The van der Waals surface area contributed by atoms with Crippen LogP contribution in [0.1, 0.15) is 20.9 Å². The van der Waals surface area contributed by atoms with E-state index >= 15 is 0 Å². The van der Waals surface area contributed by atoms with Crippen LogP contribution in [0, 0.1) is 0 Å². The molecule has 154 valence electrons. The number of rotatable bonds is 4. The second-order valence-electron chi connectivity index (χ2n) is 6.98.